The van der Waals surface area contributed by atoms with Crippen LogP contribution in [-0.4, -0.2) is 35.5 Å². The highest BCUT2D eigenvalue weighted by atomic mass is 16.5. The van der Waals surface area contributed by atoms with Gasteiger partial charge in [-0.1, -0.05) is 50.7 Å². The van der Waals surface area contributed by atoms with Gasteiger partial charge in [-0.3, -0.25) is 4.79 Å². The fourth-order valence-electron chi connectivity index (χ4n) is 4.54. The lowest BCUT2D eigenvalue weighted by molar-refractivity contribution is 0.0429. The third kappa shape index (κ3) is 4.28. The molecule has 142 valence electrons. The van der Waals surface area contributed by atoms with E-state index in [9.17, 15) is 9.59 Å². The van der Waals surface area contributed by atoms with E-state index in [0.29, 0.717) is 29.8 Å². The molecule has 3 rings (SSSR count). The van der Waals surface area contributed by atoms with Gasteiger partial charge in [-0.05, 0) is 44.7 Å². The van der Waals surface area contributed by atoms with Gasteiger partial charge in [-0.2, -0.15) is 0 Å². The van der Waals surface area contributed by atoms with Crippen LogP contribution in [0.2, 0.25) is 0 Å². The summed E-state index contributed by atoms with van der Waals surface area (Å²) in [5, 5.41) is 0. The third-order valence-electron chi connectivity index (χ3n) is 5.82. The molecule has 2 aliphatic carbocycles. The molecule has 0 N–H and O–H groups in total. The lowest BCUT2D eigenvalue weighted by atomic mass is 9.87. The minimum atomic E-state index is -0.399. The highest BCUT2D eigenvalue weighted by Crippen LogP contribution is 2.32. The van der Waals surface area contributed by atoms with E-state index in [-0.39, 0.29) is 5.91 Å². The number of esters is 1. The summed E-state index contributed by atoms with van der Waals surface area (Å²) in [5.74, 6) is -0.379. The Bertz CT molecular complexity index is 598. The second-order valence-corrected chi connectivity index (χ2v) is 7.56. The Kier molecular flexibility index (Phi) is 6.70. The summed E-state index contributed by atoms with van der Waals surface area (Å²) in [6, 6.07) is 7.77. The third-order valence-corrected chi connectivity index (χ3v) is 5.82. The Morgan fingerprint density at radius 1 is 0.885 bits per heavy atom. The normalized spacial score (nSPS) is 19.1. The second-order valence-electron chi connectivity index (χ2n) is 7.56. The van der Waals surface area contributed by atoms with Crippen molar-refractivity contribution in [2.75, 3.05) is 6.61 Å². The smallest absolute Gasteiger partial charge is 0.338 e. The Morgan fingerprint density at radius 2 is 1.38 bits per heavy atom. The van der Waals surface area contributed by atoms with Crippen molar-refractivity contribution in [1.29, 1.82) is 0 Å². The lowest BCUT2D eigenvalue weighted by Gasteiger charge is -2.42. The largest absolute Gasteiger partial charge is 0.462 e. The van der Waals surface area contributed by atoms with Gasteiger partial charge in [0.1, 0.15) is 0 Å². The van der Waals surface area contributed by atoms with E-state index in [4.69, 9.17) is 4.74 Å². The number of nitrogens with zero attached hydrogens (tertiary/aromatic N) is 1. The number of carbonyl (C=O) groups excluding carboxylic acids is 2. The summed E-state index contributed by atoms with van der Waals surface area (Å²) in [4.78, 5) is 28.1. The van der Waals surface area contributed by atoms with Gasteiger partial charge in [-0.25, -0.2) is 4.79 Å². The van der Waals surface area contributed by atoms with Crippen LogP contribution in [0.25, 0.3) is 0 Å². The highest BCUT2D eigenvalue weighted by molar-refractivity contribution is 6.05. The van der Waals surface area contributed by atoms with Crippen molar-refractivity contribution in [3.05, 3.63) is 35.4 Å². The molecule has 0 heterocycles. The first kappa shape index (κ1) is 18.9. The predicted octanol–water partition coefficient (Wildman–Crippen LogP) is 4.97. The first-order valence-corrected chi connectivity index (χ1v) is 10.3. The van der Waals surface area contributed by atoms with Crippen LogP contribution in [-0.2, 0) is 4.74 Å². The van der Waals surface area contributed by atoms with E-state index < -0.39 is 5.97 Å². The summed E-state index contributed by atoms with van der Waals surface area (Å²) in [7, 11) is 0. The van der Waals surface area contributed by atoms with Gasteiger partial charge >= 0.3 is 5.97 Å². The fourth-order valence-corrected chi connectivity index (χ4v) is 4.54. The molecule has 0 aromatic heterocycles. The van der Waals surface area contributed by atoms with Crippen molar-refractivity contribution in [1.82, 2.24) is 4.90 Å². The first-order chi connectivity index (χ1) is 12.7. The molecule has 0 radical (unpaired) electrons. The summed E-state index contributed by atoms with van der Waals surface area (Å²) in [6.07, 6.45) is 11.7. The van der Waals surface area contributed by atoms with Crippen molar-refractivity contribution >= 4 is 11.9 Å². The van der Waals surface area contributed by atoms with Crippen LogP contribution in [0.15, 0.2) is 24.3 Å². The maximum absolute atomic E-state index is 13.6. The van der Waals surface area contributed by atoms with Crippen LogP contribution in [0.1, 0.15) is 91.8 Å². The molecule has 0 spiro atoms. The Morgan fingerprint density at radius 3 is 1.88 bits per heavy atom. The van der Waals surface area contributed by atoms with Crippen LogP contribution in [0.5, 0.6) is 0 Å². The molecule has 2 saturated carbocycles. The molecule has 0 saturated heterocycles. The van der Waals surface area contributed by atoms with E-state index in [1.807, 2.05) is 6.07 Å². The van der Waals surface area contributed by atoms with Crippen LogP contribution in [0.4, 0.5) is 0 Å². The number of benzene rings is 1. The van der Waals surface area contributed by atoms with Gasteiger partial charge in [0.25, 0.3) is 5.91 Å². The van der Waals surface area contributed by atoms with Gasteiger partial charge in [0.15, 0.2) is 0 Å². The predicted molar refractivity (Wildman–Crippen MR) is 102 cm³/mol. The van der Waals surface area contributed by atoms with Crippen molar-refractivity contribution < 1.29 is 14.3 Å². The van der Waals surface area contributed by atoms with Crippen LogP contribution in [0, 0.1) is 0 Å². The zero-order chi connectivity index (χ0) is 18.4. The van der Waals surface area contributed by atoms with Gasteiger partial charge in [0.05, 0.1) is 17.7 Å². The first-order valence-electron chi connectivity index (χ1n) is 10.3. The molecule has 1 amide bonds. The molecule has 4 heteroatoms. The lowest BCUT2D eigenvalue weighted by Crippen LogP contribution is -2.49. The second kappa shape index (κ2) is 9.20. The number of rotatable bonds is 5. The number of hydrogen-bond acceptors (Lipinski definition) is 3. The molecule has 2 fully saturated rings. The maximum atomic E-state index is 13.6. The molecule has 1 aromatic rings. The van der Waals surface area contributed by atoms with Crippen LogP contribution in [0.3, 0.4) is 0 Å². The van der Waals surface area contributed by atoms with Crippen molar-refractivity contribution in [3.8, 4) is 0 Å². The molecule has 1 aromatic carbocycles. The summed E-state index contributed by atoms with van der Waals surface area (Å²) < 4.78 is 5.18. The number of carbonyl (C=O) groups is 2. The number of amides is 1. The molecule has 2 aliphatic rings. The Hall–Kier alpha value is -1.84. The fraction of sp³-hybridized carbons (Fsp3) is 0.636. The van der Waals surface area contributed by atoms with Crippen LogP contribution < -0.4 is 0 Å². The molecule has 4 nitrogen and oxygen atoms in total. The standard InChI is InChI=1S/C22H31NO3/c1-2-26-22(25)20-16-10-9-15-19(20)21(24)23(17-11-5-3-6-12-17)18-13-7-4-8-14-18/h9-10,15-18H,2-8,11-14H2,1H3. The average Bonchev–Trinajstić information content (AvgIpc) is 2.70. The van der Waals surface area contributed by atoms with Crippen LogP contribution >= 0.6 is 0 Å². The molecule has 0 atom stereocenters. The summed E-state index contributed by atoms with van der Waals surface area (Å²) >= 11 is 0. The average molecular weight is 357 g/mol. The van der Waals surface area contributed by atoms with Crippen molar-refractivity contribution in [2.45, 2.75) is 83.2 Å². The minimum Gasteiger partial charge on any atom is -0.462 e. The number of hydrogen-bond donors (Lipinski definition) is 0. The molecular formula is C22H31NO3. The maximum Gasteiger partial charge on any atom is 0.338 e. The zero-order valence-corrected chi connectivity index (χ0v) is 15.9. The van der Waals surface area contributed by atoms with Crippen molar-refractivity contribution in [3.63, 3.8) is 0 Å². The van der Waals surface area contributed by atoms with Gasteiger partial charge in [0, 0.05) is 12.1 Å². The van der Waals surface area contributed by atoms with E-state index in [0.717, 1.165) is 25.7 Å². The molecule has 0 aliphatic heterocycles. The molecule has 0 bridgehead atoms. The van der Waals surface area contributed by atoms with Gasteiger partial charge in [-0.15, -0.1) is 0 Å². The SMILES string of the molecule is CCOC(=O)c1ccccc1C(=O)N(C1CCCCC1)C1CCCCC1. The Balaban J connectivity index is 1.90. The molecular weight excluding hydrogens is 326 g/mol. The molecule has 0 unspecified atom stereocenters. The topological polar surface area (TPSA) is 46.6 Å². The van der Waals surface area contributed by atoms with E-state index in [2.05, 4.69) is 4.90 Å². The quantitative estimate of drug-likeness (QED) is 0.699. The van der Waals surface area contributed by atoms with E-state index in [1.54, 1.807) is 25.1 Å². The van der Waals surface area contributed by atoms with Gasteiger partial charge in [0.2, 0.25) is 0 Å². The monoisotopic (exact) mass is 357 g/mol. The summed E-state index contributed by atoms with van der Waals surface area (Å²) in [5.41, 5.74) is 0.901. The minimum absolute atomic E-state index is 0.0208. The van der Waals surface area contributed by atoms with E-state index >= 15 is 0 Å². The van der Waals surface area contributed by atoms with Crippen molar-refractivity contribution in [2.24, 2.45) is 0 Å². The molecule has 26 heavy (non-hydrogen) atoms. The summed E-state index contributed by atoms with van der Waals surface area (Å²) in [6.45, 7) is 2.11. The highest BCUT2D eigenvalue weighted by Gasteiger charge is 2.34. The zero-order valence-electron chi connectivity index (χ0n) is 15.9. The van der Waals surface area contributed by atoms with E-state index in [1.165, 1.54) is 38.5 Å². The Labute approximate surface area is 156 Å². The number of ether oxygens (including phenoxy) is 1. The van der Waals surface area contributed by atoms with Gasteiger partial charge < -0.3 is 9.64 Å².